The molecular formula is C16H20FN3S. The maximum Gasteiger partial charge on any atom is 0.191 e. The van der Waals surface area contributed by atoms with Gasteiger partial charge in [0.25, 0.3) is 0 Å². The van der Waals surface area contributed by atoms with Crippen molar-refractivity contribution in [2.45, 2.75) is 19.9 Å². The van der Waals surface area contributed by atoms with Crippen LogP contribution in [0, 0.1) is 5.82 Å². The van der Waals surface area contributed by atoms with Crippen molar-refractivity contribution in [1.82, 2.24) is 10.6 Å². The molecule has 1 aromatic carbocycles. The van der Waals surface area contributed by atoms with Gasteiger partial charge < -0.3 is 10.6 Å². The largest absolute Gasteiger partial charge is 0.357 e. The van der Waals surface area contributed by atoms with Gasteiger partial charge in [-0.3, -0.25) is 0 Å². The number of guanidine groups is 1. The molecule has 0 radical (unpaired) electrons. The summed E-state index contributed by atoms with van der Waals surface area (Å²) in [4.78, 5) is 4.52. The summed E-state index contributed by atoms with van der Waals surface area (Å²) >= 11 is 1.67. The Kier molecular flexibility index (Phi) is 6.22. The first-order chi connectivity index (χ1) is 10.3. The Morgan fingerprint density at radius 3 is 2.81 bits per heavy atom. The standard InChI is InChI=1S/C16H20FN3S/c1-2-18-16(20-11-13-8-10-21-12-13)19-9-7-14-5-3-4-6-15(14)17/h3-6,8,10,12H,2,7,9,11H2,1H3,(H2,18,19,20). The first-order valence-electron chi connectivity index (χ1n) is 7.06. The van der Waals surface area contributed by atoms with Crippen molar-refractivity contribution >= 4 is 17.3 Å². The minimum Gasteiger partial charge on any atom is -0.357 e. The number of nitrogens with one attached hydrogen (secondary N) is 2. The number of halogens is 1. The van der Waals surface area contributed by atoms with E-state index in [0.29, 0.717) is 19.5 Å². The maximum absolute atomic E-state index is 13.5. The molecular weight excluding hydrogens is 285 g/mol. The van der Waals surface area contributed by atoms with Crippen molar-refractivity contribution in [3.63, 3.8) is 0 Å². The first kappa shape index (κ1) is 15.5. The number of aliphatic imine (C=N–C) groups is 1. The van der Waals surface area contributed by atoms with Crippen LogP contribution in [0.4, 0.5) is 4.39 Å². The van der Waals surface area contributed by atoms with E-state index in [1.807, 2.05) is 24.4 Å². The molecule has 0 aliphatic carbocycles. The lowest BCUT2D eigenvalue weighted by Gasteiger charge is -2.11. The molecule has 3 nitrogen and oxygen atoms in total. The van der Waals surface area contributed by atoms with Crippen molar-refractivity contribution in [2.24, 2.45) is 4.99 Å². The Morgan fingerprint density at radius 1 is 1.24 bits per heavy atom. The van der Waals surface area contributed by atoms with Crippen molar-refractivity contribution in [3.8, 4) is 0 Å². The average Bonchev–Trinajstić information content (AvgIpc) is 3.00. The van der Waals surface area contributed by atoms with Gasteiger partial charge >= 0.3 is 0 Å². The molecule has 2 aromatic rings. The third-order valence-corrected chi connectivity index (χ3v) is 3.72. The predicted molar refractivity (Wildman–Crippen MR) is 87.2 cm³/mol. The van der Waals surface area contributed by atoms with Gasteiger partial charge in [0.05, 0.1) is 6.54 Å². The molecule has 21 heavy (non-hydrogen) atoms. The van der Waals surface area contributed by atoms with E-state index in [2.05, 4.69) is 27.1 Å². The third kappa shape index (κ3) is 5.19. The Bertz CT molecular complexity index is 567. The van der Waals surface area contributed by atoms with Crippen LogP contribution in [-0.4, -0.2) is 19.0 Å². The summed E-state index contributed by atoms with van der Waals surface area (Å²) in [6.45, 7) is 4.13. The van der Waals surface area contributed by atoms with Crippen LogP contribution in [0.15, 0.2) is 46.1 Å². The van der Waals surface area contributed by atoms with E-state index in [4.69, 9.17) is 0 Å². The minimum absolute atomic E-state index is 0.153. The van der Waals surface area contributed by atoms with Crippen molar-refractivity contribution < 1.29 is 4.39 Å². The Balaban J connectivity index is 1.85. The zero-order valence-corrected chi connectivity index (χ0v) is 12.9. The van der Waals surface area contributed by atoms with Gasteiger partial charge in [0.1, 0.15) is 5.82 Å². The molecule has 1 heterocycles. The molecule has 2 N–H and O–H groups in total. The maximum atomic E-state index is 13.5. The lowest BCUT2D eigenvalue weighted by molar-refractivity contribution is 0.606. The molecule has 1 aromatic heterocycles. The highest BCUT2D eigenvalue weighted by Gasteiger charge is 2.02. The summed E-state index contributed by atoms with van der Waals surface area (Å²) in [6, 6.07) is 8.93. The predicted octanol–water partition coefficient (Wildman–Crippen LogP) is 3.19. The van der Waals surface area contributed by atoms with Gasteiger partial charge in [-0.15, -0.1) is 0 Å². The molecule has 2 rings (SSSR count). The zero-order valence-electron chi connectivity index (χ0n) is 12.1. The molecule has 5 heteroatoms. The van der Waals surface area contributed by atoms with Crippen LogP contribution in [-0.2, 0) is 13.0 Å². The summed E-state index contributed by atoms with van der Waals surface area (Å²) < 4.78 is 13.5. The first-order valence-corrected chi connectivity index (χ1v) is 8.00. The molecule has 0 saturated carbocycles. The van der Waals surface area contributed by atoms with E-state index in [1.165, 1.54) is 11.6 Å². The van der Waals surface area contributed by atoms with Crippen LogP contribution in [0.25, 0.3) is 0 Å². The third-order valence-electron chi connectivity index (χ3n) is 2.99. The normalized spacial score (nSPS) is 11.4. The molecule has 0 bridgehead atoms. The van der Waals surface area contributed by atoms with Crippen molar-refractivity contribution in [1.29, 1.82) is 0 Å². The van der Waals surface area contributed by atoms with Crippen LogP contribution in [0.2, 0.25) is 0 Å². The number of rotatable bonds is 6. The fourth-order valence-corrected chi connectivity index (χ4v) is 2.57. The quantitative estimate of drug-likeness (QED) is 0.635. The average molecular weight is 305 g/mol. The van der Waals surface area contributed by atoms with Gasteiger partial charge in [-0.1, -0.05) is 18.2 Å². The minimum atomic E-state index is -0.153. The van der Waals surface area contributed by atoms with Crippen molar-refractivity contribution in [2.75, 3.05) is 13.1 Å². The van der Waals surface area contributed by atoms with E-state index in [-0.39, 0.29) is 5.82 Å². The number of thiophene rings is 1. The fraction of sp³-hybridized carbons (Fsp3) is 0.312. The Hall–Kier alpha value is -1.88. The monoisotopic (exact) mass is 305 g/mol. The molecule has 0 amide bonds. The molecule has 0 unspecified atom stereocenters. The van der Waals surface area contributed by atoms with E-state index in [1.54, 1.807) is 17.4 Å². The number of nitrogens with zero attached hydrogens (tertiary/aromatic N) is 1. The molecule has 112 valence electrons. The molecule has 0 fully saturated rings. The second-order valence-electron chi connectivity index (χ2n) is 4.59. The Labute approximate surface area is 128 Å². The molecule has 0 spiro atoms. The summed E-state index contributed by atoms with van der Waals surface area (Å²) in [5, 5.41) is 10.6. The van der Waals surface area contributed by atoms with Gasteiger partial charge in [0, 0.05) is 13.1 Å². The summed E-state index contributed by atoms with van der Waals surface area (Å²) in [7, 11) is 0. The number of hydrogen-bond acceptors (Lipinski definition) is 2. The van der Waals surface area contributed by atoms with Gasteiger partial charge in [-0.2, -0.15) is 11.3 Å². The highest BCUT2D eigenvalue weighted by Crippen LogP contribution is 2.07. The Morgan fingerprint density at radius 2 is 2.10 bits per heavy atom. The SMILES string of the molecule is CCNC(=NCc1ccsc1)NCCc1ccccc1F. The van der Waals surface area contributed by atoms with Crippen LogP contribution in [0.5, 0.6) is 0 Å². The van der Waals surface area contributed by atoms with Gasteiger partial charge in [-0.25, -0.2) is 9.38 Å². The number of hydrogen-bond donors (Lipinski definition) is 2. The lowest BCUT2D eigenvalue weighted by atomic mass is 10.1. The second kappa shape index (κ2) is 8.42. The summed E-state index contributed by atoms with van der Waals surface area (Å²) in [5.74, 6) is 0.611. The van der Waals surface area contributed by atoms with Crippen molar-refractivity contribution in [3.05, 3.63) is 58.0 Å². The van der Waals surface area contributed by atoms with Crippen LogP contribution in [0.3, 0.4) is 0 Å². The molecule has 0 atom stereocenters. The van der Waals surface area contributed by atoms with E-state index >= 15 is 0 Å². The highest BCUT2D eigenvalue weighted by atomic mass is 32.1. The molecule has 0 aliphatic rings. The summed E-state index contributed by atoms with van der Waals surface area (Å²) in [5.41, 5.74) is 1.92. The molecule has 0 aliphatic heterocycles. The lowest BCUT2D eigenvalue weighted by Crippen LogP contribution is -2.38. The van der Waals surface area contributed by atoms with Gasteiger partial charge in [0.2, 0.25) is 0 Å². The van der Waals surface area contributed by atoms with Gasteiger partial charge in [0.15, 0.2) is 5.96 Å². The van der Waals surface area contributed by atoms with Crippen LogP contribution < -0.4 is 10.6 Å². The number of benzene rings is 1. The molecule has 0 saturated heterocycles. The van der Waals surface area contributed by atoms with Crippen LogP contribution >= 0.6 is 11.3 Å². The zero-order chi connectivity index (χ0) is 14.9. The van der Waals surface area contributed by atoms with Crippen LogP contribution in [0.1, 0.15) is 18.1 Å². The summed E-state index contributed by atoms with van der Waals surface area (Å²) in [6.07, 6.45) is 0.634. The fourth-order valence-electron chi connectivity index (χ4n) is 1.91. The highest BCUT2D eigenvalue weighted by molar-refractivity contribution is 7.07. The topological polar surface area (TPSA) is 36.4 Å². The smallest absolute Gasteiger partial charge is 0.191 e. The van der Waals surface area contributed by atoms with E-state index < -0.39 is 0 Å². The van der Waals surface area contributed by atoms with Gasteiger partial charge in [-0.05, 0) is 47.4 Å². The second-order valence-corrected chi connectivity index (χ2v) is 5.37. The van der Waals surface area contributed by atoms with E-state index in [0.717, 1.165) is 18.1 Å². The van der Waals surface area contributed by atoms with E-state index in [9.17, 15) is 4.39 Å².